The lowest BCUT2D eigenvalue weighted by atomic mass is 10.3. The van der Waals surface area contributed by atoms with Crippen molar-refractivity contribution in [3.63, 3.8) is 0 Å². The Kier molecular flexibility index (Phi) is 6.82. The minimum atomic E-state index is -3.57. The van der Waals surface area contributed by atoms with Crippen molar-refractivity contribution in [3.8, 4) is 0 Å². The summed E-state index contributed by atoms with van der Waals surface area (Å²) in [5.74, 6) is 0. The van der Waals surface area contributed by atoms with Gasteiger partial charge in [-0.15, -0.1) is 0 Å². The van der Waals surface area contributed by atoms with E-state index >= 15 is 0 Å². The van der Waals surface area contributed by atoms with Gasteiger partial charge in [-0.2, -0.15) is 4.31 Å². The highest BCUT2D eigenvalue weighted by Gasteiger charge is 2.27. The molecule has 1 aromatic carbocycles. The number of hydrogen-bond acceptors (Lipinski definition) is 4. The Morgan fingerprint density at radius 3 is 2.54 bits per heavy atom. The molecule has 0 spiro atoms. The average Bonchev–Trinajstić information content (AvgIpc) is 2.58. The van der Waals surface area contributed by atoms with Crippen LogP contribution in [-0.4, -0.2) is 62.1 Å². The fourth-order valence-corrected chi connectivity index (χ4v) is 4.37. The molecular weight excluding hydrogens is 370 g/mol. The van der Waals surface area contributed by atoms with Crippen LogP contribution in [0.2, 0.25) is 5.02 Å². The summed E-state index contributed by atoms with van der Waals surface area (Å²) in [6.07, 6.45) is 0. The van der Waals surface area contributed by atoms with Crippen molar-refractivity contribution < 1.29 is 13.2 Å². The maximum atomic E-state index is 12.7. The third-order valence-electron chi connectivity index (χ3n) is 3.84. The van der Waals surface area contributed by atoms with Gasteiger partial charge in [-0.05, 0) is 44.3 Å². The van der Waals surface area contributed by atoms with E-state index in [2.05, 4.69) is 5.32 Å². The predicted octanol–water partition coefficient (Wildman–Crippen LogP) is 2.40. The Morgan fingerprint density at radius 1 is 1.33 bits per heavy atom. The minimum Gasteiger partial charge on any atom is -0.379 e. The van der Waals surface area contributed by atoms with E-state index in [1.807, 2.05) is 18.7 Å². The number of ether oxygens (including phenoxy) is 1. The van der Waals surface area contributed by atoms with Gasteiger partial charge in [0, 0.05) is 26.2 Å². The van der Waals surface area contributed by atoms with Crippen LogP contribution in [0.1, 0.15) is 13.8 Å². The van der Waals surface area contributed by atoms with Crippen LogP contribution in [0.5, 0.6) is 0 Å². The van der Waals surface area contributed by atoms with Crippen LogP contribution in [0.25, 0.3) is 0 Å². The Labute approximate surface area is 153 Å². The van der Waals surface area contributed by atoms with Gasteiger partial charge in [0.05, 0.1) is 28.8 Å². The van der Waals surface area contributed by atoms with Gasteiger partial charge in [0.2, 0.25) is 10.0 Å². The van der Waals surface area contributed by atoms with Crippen molar-refractivity contribution in [1.29, 1.82) is 0 Å². The number of thiocarbonyl (C=S) groups is 1. The van der Waals surface area contributed by atoms with Crippen molar-refractivity contribution in [2.75, 3.05) is 44.7 Å². The molecule has 1 aliphatic rings. The summed E-state index contributed by atoms with van der Waals surface area (Å²) >= 11 is 11.6. The van der Waals surface area contributed by atoms with Crippen molar-refractivity contribution in [2.24, 2.45) is 0 Å². The first-order chi connectivity index (χ1) is 11.4. The number of halogens is 1. The van der Waals surface area contributed by atoms with Gasteiger partial charge in [0.15, 0.2) is 5.11 Å². The molecule has 1 aromatic rings. The molecule has 2 rings (SSSR count). The smallest absolute Gasteiger partial charge is 0.243 e. The fraction of sp³-hybridized carbons (Fsp3) is 0.533. The molecule has 24 heavy (non-hydrogen) atoms. The topological polar surface area (TPSA) is 61.9 Å². The number of anilines is 1. The van der Waals surface area contributed by atoms with Crippen LogP contribution < -0.4 is 5.32 Å². The number of rotatable bonds is 5. The summed E-state index contributed by atoms with van der Waals surface area (Å²) in [5, 5.41) is 3.98. The van der Waals surface area contributed by atoms with E-state index in [4.69, 9.17) is 28.6 Å². The number of nitrogens with one attached hydrogen (secondary N) is 1. The minimum absolute atomic E-state index is 0.193. The summed E-state index contributed by atoms with van der Waals surface area (Å²) in [6, 6.07) is 4.61. The normalized spacial score (nSPS) is 16.0. The van der Waals surface area contributed by atoms with Gasteiger partial charge in [-0.25, -0.2) is 8.42 Å². The van der Waals surface area contributed by atoms with Crippen LogP contribution in [0.4, 0.5) is 5.69 Å². The average molecular weight is 392 g/mol. The molecule has 9 heteroatoms. The van der Waals surface area contributed by atoms with Crippen LogP contribution >= 0.6 is 23.8 Å². The number of benzene rings is 1. The largest absolute Gasteiger partial charge is 0.379 e. The zero-order chi connectivity index (χ0) is 17.7. The summed E-state index contributed by atoms with van der Waals surface area (Å²) in [4.78, 5) is 2.15. The van der Waals surface area contributed by atoms with Crippen molar-refractivity contribution in [2.45, 2.75) is 18.7 Å². The quantitative estimate of drug-likeness (QED) is 0.778. The van der Waals surface area contributed by atoms with Gasteiger partial charge in [-0.1, -0.05) is 11.6 Å². The SMILES string of the molecule is CCN(CC)C(=S)Nc1cc(S(=O)(=O)N2CCOCC2)ccc1Cl. The highest BCUT2D eigenvalue weighted by molar-refractivity contribution is 7.89. The number of nitrogens with zero attached hydrogens (tertiary/aromatic N) is 2. The van der Waals surface area contributed by atoms with E-state index in [9.17, 15) is 8.42 Å². The molecule has 1 saturated heterocycles. The summed E-state index contributed by atoms with van der Waals surface area (Å²) < 4.78 is 32.1. The molecule has 0 aliphatic carbocycles. The summed E-state index contributed by atoms with van der Waals surface area (Å²) in [6.45, 7) is 7.03. The molecule has 1 fully saturated rings. The van der Waals surface area contributed by atoms with E-state index in [1.54, 1.807) is 6.07 Å². The molecule has 134 valence electrons. The van der Waals surface area contributed by atoms with E-state index in [-0.39, 0.29) is 4.90 Å². The number of hydrogen-bond donors (Lipinski definition) is 1. The Bertz CT molecular complexity index is 687. The second kappa shape index (κ2) is 8.44. The van der Waals surface area contributed by atoms with Crippen LogP contribution in [-0.2, 0) is 14.8 Å². The molecule has 1 N–H and O–H groups in total. The second-order valence-electron chi connectivity index (χ2n) is 5.26. The molecule has 0 radical (unpaired) electrons. The van der Waals surface area contributed by atoms with Crippen LogP contribution in [0, 0.1) is 0 Å². The zero-order valence-electron chi connectivity index (χ0n) is 13.8. The first kappa shape index (κ1) is 19.4. The predicted molar refractivity (Wildman–Crippen MR) is 100 cm³/mol. The van der Waals surface area contributed by atoms with Crippen molar-refractivity contribution >= 4 is 44.6 Å². The lowest BCUT2D eigenvalue weighted by Crippen LogP contribution is -2.40. The molecule has 0 bridgehead atoms. The van der Waals surface area contributed by atoms with E-state index in [0.29, 0.717) is 42.1 Å². The highest BCUT2D eigenvalue weighted by atomic mass is 35.5. The van der Waals surface area contributed by atoms with E-state index in [1.165, 1.54) is 16.4 Å². The summed E-state index contributed by atoms with van der Waals surface area (Å²) in [7, 11) is -3.57. The maximum Gasteiger partial charge on any atom is 0.243 e. The van der Waals surface area contributed by atoms with Gasteiger partial charge >= 0.3 is 0 Å². The highest BCUT2D eigenvalue weighted by Crippen LogP contribution is 2.27. The Balaban J connectivity index is 2.26. The Morgan fingerprint density at radius 2 is 1.96 bits per heavy atom. The standard InChI is InChI=1S/C15H22ClN3O3S2/c1-3-18(4-2)15(23)17-14-11-12(5-6-13(14)16)24(20,21)19-7-9-22-10-8-19/h5-6,11H,3-4,7-10H2,1-2H3,(H,17,23). The van der Waals surface area contributed by atoms with Gasteiger partial charge in [-0.3, -0.25) is 0 Å². The fourth-order valence-electron chi connectivity index (χ4n) is 2.40. The molecule has 1 aliphatic heterocycles. The monoisotopic (exact) mass is 391 g/mol. The number of morpholine rings is 1. The molecule has 0 unspecified atom stereocenters. The second-order valence-corrected chi connectivity index (χ2v) is 7.99. The van der Waals surface area contributed by atoms with E-state index < -0.39 is 10.0 Å². The first-order valence-electron chi connectivity index (χ1n) is 7.83. The van der Waals surface area contributed by atoms with Gasteiger partial charge < -0.3 is 15.0 Å². The van der Waals surface area contributed by atoms with Crippen molar-refractivity contribution in [3.05, 3.63) is 23.2 Å². The molecule has 0 aromatic heterocycles. The molecule has 1 heterocycles. The third-order valence-corrected chi connectivity index (χ3v) is 6.42. The molecule has 0 atom stereocenters. The first-order valence-corrected chi connectivity index (χ1v) is 10.1. The zero-order valence-corrected chi connectivity index (χ0v) is 16.2. The molecule has 0 saturated carbocycles. The van der Waals surface area contributed by atoms with Crippen LogP contribution in [0.15, 0.2) is 23.1 Å². The Hall–Kier alpha value is -0.930. The summed E-state index contributed by atoms with van der Waals surface area (Å²) in [5.41, 5.74) is 0.489. The van der Waals surface area contributed by atoms with E-state index in [0.717, 1.165) is 13.1 Å². The molecule has 6 nitrogen and oxygen atoms in total. The van der Waals surface area contributed by atoms with Crippen LogP contribution in [0.3, 0.4) is 0 Å². The number of sulfonamides is 1. The van der Waals surface area contributed by atoms with Crippen molar-refractivity contribution in [1.82, 2.24) is 9.21 Å². The maximum absolute atomic E-state index is 12.7. The molecule has 0 amide bonds. The molecular formula is C15H22ClN3O3S2. The lowest BCUT2D eigenvalue weighted by Gasteiger charge is -2.26. The van der Waals surface area contributed by atoms with Gasteiger partial charge in [0.1, 0.15) is 0 Å². The van der Waals surface area contributed by atoms with Gasteiger partial charge in [0.25, 0.3) is 0 Å². The lowest BCUT2D eigenvalue weighted by molar-refractivity contribution is 0.0730. The third kappa shape index (κ3) is 4.37.